The lowest BCUT2D eigenvalue weighted by molar-refractivity contribution is 0.0289. The summed E-state index contributed by atoms with van der Waals surface area (Å²) < 4.78 is 5.60. The van der Waals surface area contributed by atoms with Gasteiger partial charge in [-0.15, -0.1) is 0 Å². The molecule has 0 radical (unpaired) electrons. The van der Waals surface area contributed by atoms with Crippen molar-refractivity contribution in [2.24, 2.45) is 11.8 Å². The van der Waals surface area contributed by atoms with Crippen LogP contribution in [0.25, 0.3) is 0 Å². The van der Waals surface area contributed by atoms with Gasteiger partial charge in [0.2, 0.25) is 0 Å². The first-order valence-electron chi connectivity index (χ1n) is 6.10. The lowest BCUT2D eigenvalue weighted by Gasteiger charge is -2.32. The maximum Gasteiger partial charge on any atom is 0.0497 e. The van der Waals surface area contributed by atoms with E-state index < -0.39 is 0 Å². The molecule has 82 valence electrons. The highest BCUT2D eigenvalue weighted by Gasteiger charge is 2.30. The molecular formula is C12H21BrO. The summed E-state index contributed by atoms with van der Waals surface area (Å²) >= 11 is 3.88. The predicted octanol–water partition coefficient (Wildman–Crippen LogP) is 3.76. The summed E-state index contributed by atoms with van der Waals surface area (Å²) in [7, 11) is 0. The van der Waals surface area contributed by atoms with Crippen LogP contribution >= 0.6 is 15.9 Å². The van der Waals surface area contributed by atoms with Crippen molar-refractivity contribution < 1.29 is 4.74 Å². The zero-order chi connectivity index (χ0) is 9.80. The number of alkyl halides is 1. The van der Waals surface area contributed by atoms with Gasteiger partial charge in [-0.1, -0.05) is 35.2 Å². The summed E-state index contributed by atoms with van der Waals surface area (Å²) in [5.41, 5.74) is 0. The van der Waals surface area contributed by atoms with E-state index in [0.29, 0.717) is 0 Å². The Morgan fingerprint density at radius 3 is 2.57 bits per heavy atom. The van der Waals surface area contributed by atoms with E-state index in [1.54, 1.807) is 0 Å². The highest BCUT2D eigenvalue weighted by Crippen LogP contribution is 2.37. The number of halogens is 1. The lowest BCUT2D eigenvalue weighted by atomic mass is 9.83. The molecule has 2 heteroatoms. The van der Waals surface area contributed by atoms with Gasteiger partial charge in [-0.2, -0.15) is 0 Å². The Hall–Kier alpha value is 0.440. The van der Waals surface area contributed by atoms with E-state index in [2.05, 4.69) is 15.9 Å². The molecule has 3 atom stereocenters. The number of hydrogen-bond acceptors (Lipinski definition) is 1. The third-order valence-electron chi connectivity index (χ3n) is 3.78. The molecule has 2 fully saturated rings. The first-order chi connectivity index (χ1) is 6.88. The molecule has 1 saturated heterocycles. The quantitative estimate of drug-likeness (QED) is 0.516. The molecule has 0 spiro atoms. The molecule has 2 aliphatic rings. The SMILES string of the molecule is BrC1CCCCCC1C1CCCOC1. The highest BCUT2D eigenvalue weighted by molar-refractivity contribution is 9.09. The van der Waals surface area contributed by atoms with Crippen LogP contribution in [-0.2, 0) is 4.74 Å². The van der Waals surface area contributed by atoms with Crippen LogP contribution in [0.1, 0.15) is 44.9 Å². The summed E-state index contributed by atoms with van der Waals surface area (Å²) in [6.45, 7) is 2.02. The predicted molar refractivity (Wildman–Crippen MR) is 62.8 cm³/mol. The minimum Gasteiger partial charge on any atom is -0.381 e. The summed E-state index contributed by atoms with van der Waals surface area (Å²) in [4.78, 5) is 0.761. The Bertz CT molecular complexity index is 166. The second-order valence-corrected chi connectivity index (χ2v) is 5.97. The number of hydrogen-bond donors (Lipinski definition) is 0. The van der Waals surface area contributed by atoms with Gasteiger partial charge < -0.3 is 4.74 Å². The van der Waals surface area contributed by atoms with Gasteiger partial charge in [-0.05, 0) is 37.5 Å². The normalized spacial score (nSPS) is 40.5. The molecule has 0 N–H and O–H groups in total. The number of rotatable bonds is 1. The fraction of sp³-hybridized carbons (Fsp3) is 1.00. The van der Waals surface area contributed by atoms with E-state index >= 15 is 0 Å². The Kier molecular flexibility index (Phi) is 4.30. The number of ether oxygens (including phenoxy) is 1. The van der Waals surface area contributed by atoms with E-state index in [9.17, 15) is 0 Å². The molecule has 0 bridgehead atoms. The lowest BCUT2D eigenvalue weighted by Crippen LogP contribution is -2.30. The van der Waals surface area contributed by atoms with Crippen molar-refractivity contribution in [2.75, 3.05) is 13.2 Å². The van der Waals surface area contributed by atoms with Gasteiger partial charge in [0, 0.05) is 18.0 Å². The maximum atomic E-state index is 5.60. The molecule has 1 saturated carbocycles. The zero-order valence-corrected chi connectivity index (χ0v) is 10.5. The molecular weight excluding hydrogens is 240 g/mol. The molecule has 1 heterocycles. The monoisotopic (exact) mass is 260 g/mol. The van der Waals surface area contributed by atoms with Crippen LogP contribution < -0.4 is 0 Å². The Labute approximate surface area is 95.7 Å². The van der Waals surface area contributed by atoms with Crippen LogP contribution in [0, 0.1) is 11.8 Å². The largest absolute Gasteiger partial charge is 0.381 e. The van der Waals surface area contributed by atoms with E-state index in [1.165, 1.54) is 44.9 Å². The molecule has 1 aliphatic heterocycles. The van der Waals surface area contributed by atoms with E-state index in [4.69, 9.17) is 4.74 Å². The van der Waals surface area contributed by atoms with Gasteiger partial charge in [0.25, 0.3) is 0 Å². The standard InChI is InChI=1S/C12H21BrO/c13-12-7-3-1-2-6-11(12)10-5-4-8-14-9-10/h10-12H,1-9H2. The summed E-state index contributed by atoms with van der Waals surface area (Å²) in [5.74, 6) is 1.73. The van der Waals surface area contributed by atoms with Crippen molar-refractivity contribution in [2.45, 2.75) is 49.8 Å². The van der Waals surface area contributed by atoms with Crippen molar-refractivity contribution in [3.05, 3.63) is 0 Å². The minimum absolute atomic E-state index is 0.761. The second-order valence-electron chi connectivity index (χ2n) is 4.80. The van der Waals surface area contributed by atoms with Gasteiger partial charge in [-0.3, -0.25) is 0 Å². The third kappa shape index (κ3) is 2.73. The minimum atomic E-state index is 0.761. The van der Waals surface area contributed by atoms with E-state index in [0.717, 1.165) is 29.9 Å². The first kappa shape index (κ1) is 10.9. The average molecular weight is 261 g/mol. The van der Waals surface area contributed by atoms with Gasteiger partial charge in [-0.25, -0.2) is 0 Å². The average Bonchev–Trinajstić information content (AvgIpc) is 2.44. The summed E-state index contributed by atoms with van der Waals surface area (Å²) in [6, 6.07) is 0. The molecule has 2 rings (SSSR count). The summed E-state index contributed by atoms with van der Waals surface area (Å²) in [5, 5.41) is 0. The molecule has 0 aromatic rings. The fourth-order valence-electron chi connectivity index (χ4n) is 2.93. The zero-order valence-electron chi connectivity index (χ0n) is 8.88. The van der Waals surface area contributed by atoms with Gasteiger partial charge in [0.05, 0.1) is 0 Å². The van der Waals surface area contributed by atoms with Crippen molar-refractivity contribution >= 4 is 15.9 Å². The van der Waals surface area contributed by atoms with Crippen molar-refractivity contribution in [3.63, 3.8) is 0 Å². The Morgan fingerprint density at radius 1 is 0.929 bits per heavy atom. The molecule has 1 aliphatic carbocycles. The Balaban J connectivity index is 1.91. The topological polar surface area (TPSA) is 9.23 Å². The Morgan fingerprint density at radius 2 is 1.79 bits per heavy atom. The van der Waals surface area contributed by atoms with Crippen LogP contribution in [-0.4, -0.2) is 18.0 Å². The van der Waals surface area contributed by atoms with Crippen LogP contribution in [0.5, 0.6) is 0 Å². The molecule has 3 unspecified atom stereocenters. The van der Waals surface area contributed by atoms with E-state index in [1.807, 2.05) is 0 Å². The fourth-order valence-corrected chi connectivity index (χ4v) is 3.95. The maximum absolute atomic E-state index is 5.60. The van der Waals surface area contributed by atoms with Crippen LogP contribution in [0.2, 0.25) is 0 Å². The van der Waals surface area contributed by atoms with Crippen LogP contribution in [0.4, 0.5) is 0 Å². The molecule has 14 heavy (non-hydrogen) atoms. The van der Waals surface area contributed by atoms with Crippen molar-refractivity contribution in [1.29, 1.82) is 0 Å². The summed E-state index contributed by atoms with van der Waals surface area (Å²) in [6.07, 6.45) is 9.76. The van der Waals surface area contributed by atoms with Crippen LogP contribution in [0.3, 0.4) is 0 Å². The molecule has 0 amide bonds. The van der Waals surface area contributed by atoms with E-state index in [-0.39, 0.29) is 0 Å². The highest BCUT2D eigenvalue weighted by atomic mass is 79.9. The van der Waals surface area contributed by atoms with Crippen LogP contribution in [0.15, 0.2) is 0 Å². The van der Waals surface area contributed by atoms with Crippen molar-refractivity contribution in [1.82, 2.24) is 0 Å². The van der Waals surface area contributed by atoms with Gasteiger partial charge in [0.15, 0.2) is 0 Å². The second kappa shape index (κ2) is 5.50. The van der Waals surface area contributed by atoms with Gasteiger partial charge in [0.1, 0.15) is 0 Å². The van der Waals surface area contributed by atoms with Crippen molar-refractivity contribution in [3.8, 4) is 0 Å². The molecule has 0 aromatic heterocycles. The third-order valence-corrected chi connectivity index (χ3v) is 4.92. The van der Waals surface area contributed by atoms with Gasteiger partial charge >= 0.3 is 0 Å². The smallest absolute Gasteiger partial charge is 0.0497 e. The molecule has 1 nitrogen and oxygen atoms in total. The molecule has 0 aromatic carbocycles. The first-order valence-corrected chi connectivity index (χ1v) is 7.01.